The second kappa shape index (κ2) is 5.78. The second-order valence-electron chi connectivity index (χ2n) is 4.06. The molecule has 0 bridgehead atoms. The van der Waals surface area contributed by atoms with Gasteiger partial charge in [-0.15, -0.1) is 0 Å². The number of benzene rings is 1. The molecule has 0 saturated carbocycles. The molecule has 0 aliphatic heterocycles. The van der Waals surface area contributed by atoms with Gasteiger partial charge in [0.25, 0.3) is 0 Å². The van der Waals surface area contributed by atoms with Crippen molar-refractivity contribution in [3.63, 3.8) is 0 Å². The normalized spacial score (nSPS) is 14.8. The Morgan fingerprint density at radius 3 is 2.38 bits per heavy atom. The maximum Gasteiger partial charge on any atom is 0.377 e. The molecule has 0 spiro atoms. The van der Waals surface area contributed by atoms with Crippen LogP contribution in [0.4, 0.5) is 0 Å². The highest BCUT2D eigenvalue weighted by Gasteiger charge is 2.17. The van der Waals surface area contributed by atoms with E-state index in [9.17, 15) is 4.89 Å². The molecule has 1 N–H and O–H groups in total. The Bertz CT molecular complexity index is 375. The lowest BCUT2D eigenvalue weighted by molar-refractivity contribution is 0.227. The van der Waals surface area contributed by atoms with Crippen molar-refractivity contribution < 1.29 is 13.9 Å². The van der Waals surface area contributed by atoms with Gasteiger partial charge in [0.05, 0.1) is 6.61 Å². The highest BCUT2D eigenvalue weighted by Crippen LogP contribution is 2.44. The Morgan fingerprint density at radius 1 is 1.31 bits per heavy atom. The minimum atomic E-state index is -3.15. The summed E-state index contributed by atoms with van der Waals surface area (Å²) >= 11 is 4.90. The molecule has 0 amide bonds. The number of aryl methyl sites for hydroxylation is 1. The fourth-order valence-electron chi connectivity index (χ4n) is 1.00. The molecule has 1 rings (SSSR count). The van der Waals surface area contributed by atoms with Crippen molar-refractivity contribution in [2.24, 2.45) is 5.92 Å². The molecule has 3 nitrogen and oxygen atoms in total. The van der Waals surface area contributed by atoms with E-state index in [1.54, 1.807) is 12.1 Å². The molecule has 0 heterocycles. The first-order valence-electron chi connectivity index (χ1n) is 5.12. The molecule has 0 saturated heterocycles. The smallest absolute Gasteiger partial charge is 0.377 e. The van der Waals surface area contributed by atoms with Gasteiger partial charge in [-0.05, 0) is 25.0 Å². The van der Waals surface area contributed by atoms with Gasteiger partial charge >= 0.3 is 6.72 Å². The molecule has 1 aromatic carbocycles. The minimum Gasteiger partial charge on any atom is -0.424 e. The third-order valence-corrected chi connectivity index (χ3v) is 3.27. The molecule has 1 unspecified atom stereocenters. The van der Waals surface area contributed by atoms with Crippen LogP contribution in [0.3, 0.4) is 0 Å². The maximum atomic E-state index is 9.77. The Morgan fingerprint density at radius 2 is 1.88 bits per heavy atom. The van der Waals surface area contributed by atoms with Crippen LogP contribution in [0.5, 0.6) is 5.75 Å². The number of rotatable bonds is 5. The molecule has 0 radical (unpaired) electrons. The van der Waals surface area contributed by atoms with Crippen LogP contribution in [0.25, 0.3) is 0 Å². The van der Waals surface area contributed by atoms with Gasteiger partial charge in [-0.3, -0.25) is 4.52 Å². The van der Waals surface area contributed by atoms with E-state index in [-0.39, 0.29) is 0 Å². The van der Waals surface area contributed by atoms with E-state index in [4.69, 9.17) is 20.9 Å². The zero-order valence-electron chi connectivity index (χ0n) is 9.71. The first kappa shape index (κ1) is 13.7. The predicted octanol–water partition coefficient (Wildman–Crippen LogP) is 3.26. The Balaban J connectivity index is 2.58. The molecule has 5 heteroatoms. The van der Waals surface area contributed by atoms with Crippen molar-refractivity contribution in [2.45, 2.75) is 20.8 Å². The van der Waals surface area contributed by atoms with Crippen LogP contribution >= 0.6 is 6.72 Å². The Labute approximate surface area is 102 Å². The first-order chi connectivity index (χ1) is 7.39. The molecular formula is C11H17O3PS. The molecule has 0 aliphatic rings. The van der Waals surface area contributed by atoms with Crippen molar-refractivity contribution >= 4 is 18.5 Å². The molecule has 16 heavy (non-hydrogen) atoms. The minimum absolute atomic E-state index is 0.316. The highest BCUT2D eigenvalue weighted by atomic mass is 32.5. The summed E-state index contributed by atoms with van der Waals surface area (Å²) in [5.41, 5.74) is 1.13. The zero-order valence-corrected chi connectivity index (χ0v) is 11.4. The number of hydrogen-bond acceptors (Lipinski definition) is 3. The van der Waals surface area contributed by atoms with E-state index >= 15 is 0 Å². The van der Waals surface area contributed by atoms with E-state index < -0.39 is 6.72 Å². The second-order valence-corrected chi connectivity index (χ2v) is 6.82. The van der Waals surface area contributed by atoms with Crippen LogP contribution in [-0.2, 0) is 16.3 Å². The molecule has 0 aliphatic carbocycles. The molecular weight excluding hydrogens is 243 g/mol. The zero-order chi connectivity index (χ0) is 12.2. The summed E-state index contributed by atoms with van der Waals surface area (Å²) in [6, 6.07) is 7.33. The van der Waals surface area contributed by atoms with Gasteiger partial charge in [-0.1, -0.05) is 31.5 Å². The van der Waals surface area contributed by atoms with Crippen molar-refractivity contribution in [1.82, 2.24) is 0 Å². The number of hydrogen-bond donors (Lipinski definition) is 1. The summed E-state index contributed by atoms with van der Waals surface area (Å²) in [6.07, 6.45) is 0. The van der Waals surface area contributed by atoms with Crippen LogP contribution in [0, 0.1) is 12.8 Å². The predicted molar refractivity (Wildman–Crippen MR) is 69.1 cm³/mol. The standard InChI is InChI=1S/C11H17O3PS/c1-9(2)8-13-15(12,16)14-11-6-4-10(3)5-7-11/h4-7,9H,8H2,1-3H3,(H,12,16). The van der Waals surface area contributed by atoms with Crippen LogP contribution in [-0.4, -0.2) is 11.5 Å². The van der Waals surface area contributed by atoms with Gasteiger partial charge in [0, 0.05) is 11.8 Å². The first-order valence-corrected chi connectivity index (χ1v) is 7.72. The molecule has 1 atom stereocenters. The van der Waals surface area contributed by atoms with Gasteiger partial charge in [0.2, 0.25) is 0 Å². The van der Waals surface area contributed by atoms with Gasteiger partial charge in [0.15, 0.2) is 0 Å². The summed E-state index contributed by atoms with van der Waals surface area (Å²) in [4.78, 5) is 9.77. The summed E-state index contributed by atoms with van der Waals surface area (Å²) in [5.74, 6) is 0.858. The van der Waals surface area contributed by atoms with E-state index in [2.05, 4.69) is 0 Å². The SMILES string of the molecule is Cc1ccc(OP(O)(=S)OCC(C)C)cc1. The van der Waals surface area contributed by atoms with E-state index in [0.29, 0.717) is 18.3 Å². The lowest BCUT2D eigenvalue weighted by atomic mass is 10.2. The molecule has 90 valence electrons. The quantitative estimate of drug-likeness (QED) is 0.825. The lowest BCUT2D eigenvalue weighted by Crippen LogP contribution is -2.03. The van der Waals surface area contributed by atoms with Crippen molar-refractivity contribution in [1.29, 1.82) is 0 Å². The highest BCUT2D eigenvalue weighted by molar-refractivity contribution is 8.07. The van der Waals surface area contributed by atoms with Crippen molar-refractivity contribution in [3.05, 3.63) is 29.8 Å². The maximum absolute atomic E-state index is 9.77. The van der Waals surface area contributed by atoms with Gasteiger partial charge in [0.1, 0.15) is 5.75 Å². The summed E-state index contributed by atoms with van der Waals surface area (Å²) in [5, 5.41) is 0. The Hall–Kier alpha value is -0.410. The van der Waals surface area contributed by atoms with Crippen molar-refractivity contribution in [2.75, 3.05) is 6.61 Å². The molecule has 1 aromatic rings. The third-order valence-electron chi connectivity index (χ3n) is 1.81. The average molecular weight is 260 g/mol. The van der Waals surface area contributed by atoms with Gasteiger partial charge in [-0.2, -0.15) is 0 Å². The monoisotopic (exact) mass is 260 g/mol. The summed E-state index contributed by atoms with van der Waals surface area (Å²) in [7, 11) is 0. The van der Waals surface area contributed by atoms with E-state index in [0.717, 1.165) is 5.56 Å². The van der Waals surface area contributed by atoms with Crippen molar-refractivity contribution in [3.8, 4) is 5.75 Å². The Kier molecular flexibility index (Phi) is 4.93. The van der Waals surface area contributed by atoms with Crippen LogP contribution in [0.15, 0.2) is 24.3 Å². The summed E-state index contributed by atoms with van der Waals surface area (Å²) in [6.45, 7) is 3.21. The van der Waals surface area contributed by atoms with Crippen LogP contribution < -0.4 is 4.52 Å². The third kappa shape index (κ3) is 5.08. The van der Waals surface area contributed by atoms with E-state index in [1.165, 1.54) is 0 Å². The van der Waals surface area contributed by atoms with E-state index in [1.807, 2.05) is 32.9 Å². The summed E-state index contributed by atoms with van der Waals surface area (Å²) < 4.78 is 10.5. The lowest BCUT2D eigenvalue weighted by Gasteiger charge is -2.17. The van der Waals surface area contributed by atoms with Gasteiger partial charge in [-0.25, -0.2) is 0 Å². The fraction of sp³-hybridized carbons (Fsp3) is 0.455. The largest absolute Gasteiger partial charge is 0.424 e. The van der Waals surface area contributed by atoms with Crippen LogP contribution in [0.2, 0.25) is 0 Å². The van der Waals surface area contributed by atoms with Gasteiger partial charge < -0.3 is 9.42 Å². The molecule has 0 fully saturated rings. The topological polar surface area (TPSA) is 38.7 Å². The fourth-order valence-corrected chi connectivity index (χ4v) is 2.37. The average Bonchev–Trinajstić information content (AvgIpc) is 2.19. The van der Waals surface area contributed by atoms with Crippen LogP contribution in [0.1, 0.15) is 19.4 Å². The molecule has 0 aromatic heterocycles.